The molecule has 2 aromatic carbocycles. The number of Topliss-reactive ketones (excluding diaryl/α,β-unsaturated/α-hetero) is 1. The summed E-state index contributed by atoms with van der Waals surface area (Å²) in [5.74, 6) is 1.70. The number of fused-ring (bicyclic) bond motifs is 1. The van der Waals surface area contributed by atoms with Gasteiger partial charge in [0.05, 0.1) is 14.2 Å². The highest BCUT2D eigenvalue weighted by Gasteiger charge is 2.30. The maximum Gasteiger partial charge on any atom is 0.166 e. The maximum absolute atomic E-state index is 12.0. The molecule has 4 heteroatoms. The van der Waals surface area contributed by atoms with Gasteiger partial charge in [-0.15, -0.1) is 0 Å². The van der Waals surface area contributed by atoms with Crippen LogP contribution in [0.5, 0.6) is 11.5 Å². The smallest absolute Gasteiger partial charge is 0.166 e. The number of carbonyl (C=O) groups is 1. The Kier molecular flexibility index (Phi) is 12.8. The second-order valence-electron chi connectivity index (χ2n) is 11.2. The minimum absolute atomic E-state index is 0.131. The molecule has 0 amide bonds. The average Bonchev–Trinajstić information content (AvgIpc) is 3.29. The van der Waals surface area contributed by atoms with Gasteiger partial charge < -0.3 is 14.8 Å². The van der Waals surface area contributed by atoms with Crippen molar-refractivity contribution in [3.63, 3.8) is 0 Å². The molecule has 2 aromatic rings. The van der Waals surface area contributed by atoms with Gasteiger partial charge in [-0.25, -0.2) is 0 Å². The Labute approximate surface area is 243 Å². The molecular formula is C36H51NO3. The molecule has 0 aliphatic heterocycles. The lowest BCUT2D eigenvalue weighted by Gasteiger charge is -2.24. The van der Waals surface area contributed by atoms with Crippen molar-refractivity contribution in [2.24, 2.45) is 5.92 Å². The van der Waals surface area contributed by atoms with Crippen LogP contribution < -0.4 is 14.8 Å². The van der Waals surface area contributed by atoms with Gasteiger partial charge >= 0.3 is 0 Å². The standard InChI is InChI=1S/C23H35N.C13H16O3/c1-4-5-6-7-8-13-18-24-23(21-16-11-9-14-19(21)2)22-17-12-10-15-20(22)3;1-4-8-5-9-6-11(15-2)12(16-3)7-10(9)13(8)14/h10,12,15,17,24H,2,4-9,11,13-14,16,18H2,1,3H3;6-8H,4-5H2,1-3H3/b23-21+;. The maximum atomic E-state index is 12.0. The monoisotopic (exact) mass is 545 g/mol. The molecule has 0 spiro atoms. The lowest BCUT2D eigenvalue weighted by molar-refractivity contribution is 0.0934. The fourth-order valence-electron chi connectivity index (χ4n) is 5.83. The number of ketones is 1. The molecule has 218 valence electrons. The Bertz CT molecular complexity index is 1160. The quantitative estimate of drug-likeness (QED) is 0.270. The first kappa shape index (κ1) is 31.5. The fourth-order valence-corrected chi connectivity index (χ4v) is 5.83. The molecule has 0 saturated heterocycles. The first-order chi connectivity index (χ1) is 19.4. The lowest BCUT2D eigenvalue weighted by atomic mass is 9.87. The van der Waals surface area contributed by atoms with Crippen LogP contribution in [0.15, 0.2) is 54.1 Å². The molecule has 4 rings (SSSR count). The number of nitrogens with one attached hydrogen (secondary N) is 1. The number of methoxy groups -OCH3 is 2. The minimum atomic E-state index is 0.131. The zero-order valence-electron chi connectivity index (χ0n) is 25.7. The topological polar surface area (TPSA) is 47.6 Å². The molecule has 0 aromatic heterocycles. The summed E-state index contributed by atoms with van der Waals surface area (Å²) in [5.41, 5.74) is 8.76. The molecule has 0 radical (unpaired) electrons. The van der Waals surface area contributed by atoms with Crippen molar-refractivity contribution in [2.45, 2.75) is 97.8 Å². The third kappa shape index (κ3) is 8.25. The molecular weight excluding hydrogens is 494 g/mol. The Morgan fingerprint density at radius 2 is 1.62 bits per heavy atom. The number of unbranched alkanes of at least 4 members (excludes halogenated alkanes) is 5. The number of rotatable bonds is 12. The SMILES string of the molecule is C=C1CCCC/C1=C(\NCCCCCCCC)c1ccccc1C.CCC1Cc2cc(OC)c(OC)cc2C1=O. The van der Waals surface area contributed by atoms with Crippen molar-refractivity contribution in [1.29, 1.82) is 0 Å². The second kappa shape index (κ2) is 16.3. The van der Waals surface area contributed by atoms with E-state index in [1.807, 2.05) is 13.0 Å². The lowest BCUT2D eigenvalue weighted by Crippen LogP contribution is -2.18. The van der Waals surface area contributed by atoms with Gasteiger partial charge in [-0.2, -0.15) is 0 Å². The zero-order chi connectivity index (χ0) is 28.9. The van der Waals surface area contributed by atoms with Crippen molar-refractivity contribution >= 4 is 11.5 Å². The van der Waals surface area contributed by atoms with Gasteiger partial charge in [0.15, 0.2) is 17.3 Å². The van der Waals surface area contributed by atoms with Gasteiger partial charge in [-0.3, -0.25) is 4.79 Å². The number of allylic oxidation sites excluding steroid dienone is 2. The molecule has 2 aliphatic rings. The van der Waals surface area contributed by atoms with Gasteiger partial charge in [0.1, 0.15) is 0 Å². The Hall–Kier alpha value is -3.01. The molecule has 0 bridgehead atoms. The van der Waals surface area contributed by atoms with Gasteiger partial charge in [0.2, 0.25) is 0 Å². The van der Waals surface area contributed by atoms with E-state index in [1.165, 1.54) is 85.8 Å². The van der Waals surface area contributed by atoms with Gasteiger partial charge in [0, 0.05) is 29.3 Å². The van der Waals surface area contributed by atoms with Crippen molar-refractivity contribution in [2.75, 3.05) is 20.8 Å². The van der Waals surface area contributed by atoms with Crippen LogP contribution in [0.25, 0.3) is 5.70 Å². The highest BCUT2D eigenvalue weighted by atomic mass is 16.5. The largest absolute Gasteiger partial charge is 0.493 e. The van der Waals surface area contributed by atoms with E-state index >= 15 is 0 Å². The first-order valence-electron chi connectivity index (χ1n) is 15.4. The van der Waals surface area contributed by atoms with Crippen LogP contribution in [0.1, 0.15) is 112 Å². The first-order valence-corrected chi connectivity index (χ1v) is 15.4. The molecule has 1 atom stereocenters. The molecule has 1 fully saturated rings. The average molecular weight is 546 g/mol. The summed E-state index contributed by atoms with van der Waals surface area (Å²) in [5, 5.41) is 3.79. The normalized spacial score (nSPS) is 17.6. The number of hydrogen-bond donors (Lipinski definition) is 1. The second-order valence-corrected chi connectivity index (χ2v) is 11.2. The summed E-state index contributed by atoms with van der Waals surface area (Å²) < 4.78 is 10.4. The van der Waals surface area contributed by atoms with Crippen molar-refractivity contribution in [3.05, 3.63) is 76.4 Å². The number of aryl methyl sites for hydroxylation is 1. The Morgan fingerprint density at radius 3 is 2.30 bits per heavy atom. The highest BCUT2D eigenvalue weighted by Crippen LogP contribution is 2.37. The van der Waals surface area contributed by atoms with Crippen LogP contribution in [0.4, 0.5) is 0 Å². The van der Waals surface area contributed by atoms with E-state index < -0.39 is 0 Å². The number of benzene rings is 2. The summed E-state index contributed by atoms with van der Waals surface area (Å²) in [4.78, 5) is 12.0. The third-order valence-electron chi connectivity index (χ3n) is 8.34. The van der Waals surface area contributed by atoms with E-state index in [-0.39, 0.29) is 11.7 Å². The number of ether oxygens (including phenoxy) is 2. The van der Waals surface area contributed by atoms with Crippen molar-refractivity contribution in [3.8, 4) is 11.5 Å². The fraction of sp³-hybridized carbons (Fsp3) is 0.528. The third-order valence-corrected chi connectivity index (χ3v) is 8.34. The van der Waals surface area contributed by atoms with Gasteiger partial charge in [-0.1, -0.05) is 76.8 Å². The van der Waals surface area contributed by atoms with E-state index in [4.69, 9.17) is 9.47 Å². The predicted octanol–water partition coefficient (Wildman–Crippen LogP) is 9.26. The van der Waals surface area contributed by atoms with E-state index in [1.54, 1.807) is 20.3 Å². The molecule has 1 N–H and O–H groups in total. The summed E-state index contributed by atoms with van der Waals surface area (Å²) in [6.07, 6.45) is 14.7. The molecule has 2 aliphatic carbocycles. The van der Waals surface area contributed by atoms with E-state index in [2.05, 4.69) is 50.0 Å². The van der Waals surface area contributed by atoms with Crippen LogP contribution in [0.2, 0.25) is 0 Å². The molecule has 1 unspecified atom stereocenters. The molecule has 4 nitrogen and oxygen atoms in total. The minimum Gasteiger partial charge on any atom is -0.493 e. The van der Waals surface area contributed by atoms with Crippen LogP contribution in [0.3, 0.4) is 0 Å². The van der Waals surface area contributed by atoms with Crippen LogP contribution in [0, 0.1) is 12.8 Å². The van der Waals surface area contributed by atoms with Crippen molar-refractivity contribution < 1.29 is 14.3 Å². The summed E-state index contributed by atoms with van der Waals surface area (Å²) in [6.45, 7) is 12.0. The molecule has 40 heavy (non-hydrogen) atoms. The number of carbonyl (C=O) groups excluding carboxylic acids is 1. The molecule has 0 heterocycles. The van der Waals surface area contributed by atoms with Crippen LogP contribution >= 0.6 is 0 Å². The zero-order valence-corrected chi connectivity index (χ0v) is 25.7. The van der Waals surface area contributed by atoms with E-state index in [9.17, 15) is 4.79 Å². The van der Waals surface area contributed by atoms with Crippen molar-refractivity contribution in [1.82, 2.24) is 5.32 Å². The summed E-state index contributed by atoms with van der Waals surface area (Å²) in [7, 11) is 3.19. The predicted molar refractivity (Wildman–Crippen MR) is 168 cm³/mol. The summed E-state index contributed by atoms with van der Waals surface area (Å²) >= 11 is 0. The highest BCUT2D eigenvalue weighted by molar-refractivity contribution is 6.02. The van der Waals surface area contributed by atoms with E-state index in [0.29, 0.717) is 11.5 Å². The van der Waals surface area contributed by atoms with Crippen LogP contribution in [-0.4, -0.2) is 26.5 Å². The molecule has 1 saturated carbocycles. The Morgan fingerprint density at radius 1 is 0.950 bits per heavy atom. The summed E-state index contributed by atoms with van der Waals surface area (Å²) in [6, 6.07) is 12.5. The number of hydrogen-bond acceptors (Lipinski definition) is 4. The van der Waals surface area contributed by atoms with Crippen LogP contribution in [-0.2, 0) is 6.42 Å². The van der Waals surface area contributed by atoms with Gasteiger partial charge in [-0.05, 0) is 86.3 Å². The van der Waals surface area contributed by atoms with Gasteiger partial charge in [0.25, 0.3) is 0 Å². The van der Waals surface area contributed by atoms with E-state index in [0.717, 1.165) is 36.9 Å². The Balaban J connectivity index is 0.000000238.